The van der Waals surface area contributed by atoms with Crippen molar-refractivity contribution in [3.8, 4) is 0 Å². The Morgan fingerprint density at radius 2 is 1.89 bits per heavy atom. The van der Waals surface area contributed by atoms with Gasteiger partial charge in [0, 0.05) is 19.1 Å². The van der Waals surface area contributed by atoms with Crippen LogP contribution in [0.3, 0.4) is 0 Å². The van der Waals surface area contributed by atoms with Crippen molar-refractivity contribution in [1.82, 2.24) is 15.1 Å². The summed E-state index contributed by atoms with van der Waals surface area (Å²) in [7, 11) is 1.87. The Morgan fingerprint density at radius 3 is 2.54 bits per heavy atom. The van der Waals surface area contributed by atoms with Crippen molar-refractivity contribution < 1.29 is 14.7 Å². The summed E-state index contributed by atoms with van der Waals surface area (Å²) < 4.78 is 0. The van der Waals surface area contributed by atoms with Crippen molar-refractivity contribution in [2.75, 3.05) is 33.2 Å². The maximum atomic E-state index is 12.6. The maximum Gasteiger partial charge on any atom is 0.317 e. The Bertz CT molecular complexity index is 614. The Labute approximate surface area is 174 Å². The number of carbonyl (C=O) groups is 2. The number of amides is 1. The van der Waals surface area contributed by atoms with E-state index in [1.807, 2.05) is 37.1 Å². The quantitative estimate of drug-likeness (QED) is 0.687. The number of likely N-dealkylation sites (tertiary alicyclic amines) is 1. The lowest BCUT2D eigenvalue weighted by Gasteiger charge is -2.28. The summed E-state index contributed by atoms with van der Waals surface area (Å²) >= 11 is 0. The zero-order valence-corrected chi connectivity index (χ0v) is 18.0. The van der Waals surface area contributed by atoms with Gasteiger partial charge in [0.1, 0.15) is 0 Å². The summed E-state index contributed by atoms with van der Waals surface area (Å²) in [6.07, 6.45) is 2.84. The van der Waals surface area contributed by atoms with Crippen molar-refractivity contribution in [3.05, 3.63) is 35.9 Å². The van der Waals surface area contributed by atoms with Crippen LogP contribution in [0, 0.1) is 0 Å². The van der Waals surface area contributed by atoms with E-state index in [4.69, 9.17) is 5.11 Å². The number of halogens is 1. The van der Waals surface area contributed by atoms with Gasteiger partial charge in [0.2, 0.25) is 5.91 Å². The zero-order chi connectivity index (χ0) is 19.8. The largest absolute Gasteiger partial charge is 0.480 e. The molecule has 0 aromatic heterocycles. The molecule has 3 atom stereocenters. The van der Waals surface area contributed by atoms with Gasteiger partial charge in [-0.1, -0.05) is 37.3 Å². The number of nitrogens with zero attached hydrogens (tertiary/aromatic N) is 2. The van der Waals surface area contributed by atoms with Gasteiger partial charge in [0.15, 0.2) is 0 Å². The SMILES string of the molecule is CC(CNC(=O)C(C)N1CCCC(N(C)CC(=O)O)CC1)c1ccccc1.Cl. The van der Waals surface area contributed by atoms with Crippen LogP contribution in [0.25, 0.3) is 0 Å². The average Bonchev–Trinajstić information content (AvgIpc) is 2.91. The first-order valence-electron chi connectivity index (χ1n) is 9.87. The minimum absolute atomic E-state index is 0. The highest BCUT2D eigenvalue weighted by atomic mass is 35.5. The highest BCUT2D eigenvalue weighted by Crippen LogP contribution is 2.18. The van der Waals surface area contributed by atoms with Crippen molar-refractivity contribution >= 4 is 24.3 Å². The fourth-order valence-corrected chi connectivity index (χ4v) is 3.74. The van der Waals surface area contributed by atoms with Crippen molar-refractivity contribution in [2.24, 2.45) is 0 Å². The lowest BCUT2D eigenvalue weighted by molar-refractivity contribution is -0.138. The van der Waals surface area contributed by atoms with Crippen LogP contribution in [-0.2, 0) is 9.59 Å². The molecule has 1 fully saturated rings. The monoisotopic (exact) mass is 411 g/mol. The number of benzene rings is 1. The number of carboxylic acid groups (broad SMARTS) is 1. The molecule has 28 heavy (non-hydrogen) atoms. The summed E-state index contributed by atoms with van der Waals surface area (Å²) in [5, 5.41) is 12.1. The van der Waals surface area contributed by atoms with E-state index < -0.39 is 5.97 Å². The number of carboxylic acids is 1. The number of hydrogen-bond donors (Lipinski definition) is 2. The number of hydrogen-bond acceptors (Lipinski definition) is 4. The molecule has 2 N–H and O–H groups in total. The standard InChI is InChI=1S/C21H33N3O3.ClH/c1-16(18-8-5-4-6-9-18)14-22-21(27)17(2)24-12-7-10-19(11-13-24)23(3)15-20(25)26;/h4-6,8-9,16-17,19H,7,10-15H2,1-3H3,(H,22,27)(H,25,26);1H. The molecule has 2 rings (SSSR count). The van der Waals surface area contributed by atoms with Gasteiger partial charge in [-0.05, 0) is 51.3 Å². The lowest BCUT2D eigenvalue weighted by Crippen LogP contribution is -2.46. The molecule has 7 heteroatoms. The molecule has 1 saturated heterocycles. The Balaban J connectivity index is 0.00000392. The summed E-state index contributed by atoms with van der Waals surface area (Å²) in [4.78, 5) is 27.7. The van der Waals surface area contributed by atoms with Crippen LogP contribution < -0.4 is 5.32 Å². The fourth-order valence-electron chi connectivity index (χ4n) is 3.74. The maximum absolute atomic E-state index is 12.6. The van der Waals surface area contributed by atoms with E-state index in [-0.39, 0.29) is 42.9 Å². The molecule has 1 amide bonds. The van der Waals surface area contributed by atoms with Gasteiger partial charge in [-0.2, -0.15) is 0 Å². The molecule has 1 aliphatic heterocycles. The average molecular weight is 412 g/mol. The number of rotatable bonds is 8. The molecule has 0 bridgehead atoms. The molecular formula is C21H34ClN3O3. The van der Waals surface area contributed by atoms with Crippen LogP contribution in [0.1, 0.15) is 44.6 Å². The Hall–Kier alpha value is -1.63. The topological polar surface area (TPSA) is 72.9 Å². The summed E-state index contributed by atoms with van der Waals surface area (Å²) in [6.45, 7) is 6.47. The van der Waals surface area contributed by atoms with Gasteiger partial charge in [-0.25, -0.2) is 0 Å². The molecule has 0 saturated carbocycles. The van der Waals surface area contributed by atoms with Crippen molar-refractivity contribution in [2.45, 2.75) is 51.1 Å². The van der Waals surface area contributed by atoms with Gasteiger partial charge in [-0.15, -0.1) is 12.4 Å². The molecule has 1 heterocycles. The number of nitrogens with one attached hydrogen (secondary N) is 1. The van der Waals surface area contributed by atoms with Gasteiger partial charge in [0.05, 0.1) is 12.6 Å². The van der Waals surface area contributed by atoms with Crippen LogP contribution in [0.15, 0.2) is 30.3 Å². The number of carbonyl (C=O) groups excluding carboxylic acids is 1. The predicted octanol–water partition coefficient (Wildman–Crippen LogP) is 2.59. The molecule has 1 aliphatic rings. The van der Waals surface area contributed by atoms with E-state index in [0.29, 0.717) is 6.54 Å². The highest BCUT2D eigenvalue weighted by molar-refractivity contribution is 5.85. The Kier molecular flexibility index (Phi) is 10.5. The summed E-state index contributed by atoms with van der Waals surface area (Å²) in [5.41, 5.74) is 1.23. The molecule has 1 aromatic rings. The van der Waals surface area contributed by atoms with Crippen LogP contribution in [0.4, 0.5) is 0 Å². The highest BCUT2D eigenvalue weighted by Gasteiger charge is 2.27. The van der Waals surface area contributed by atoms with Gasteiger partial charge in [0.25, 0.3) is 0 Å². The first-order chi connectivity index (χ1) is 12.9. The molecule has 6 nitrogen and oxygen atoms in total. The van der Waals surface area contributed by atoms with Gasteiger partial charge in [-0.3, -0.25) is 19.4 Å². The number of likely N-dealkylation sites (N-methyl/N-ethyl adjacent to an activating group) is 1. The zero-order valence-electron chi connectivity index (χ0n) is 17.1. The second-order valence-electron chi connectivity index (χ2n) is 7.66. The van der Waals surface area contributed by atoms with Gasteiger partial charge >= 0.3 is 5.97 Å². The molecule has 0 spiro atoms. The summed E-state index contributed by atoms with van der Waals surface area (Å²) in [5.74, 6) is -0.450. The van der Waals surface area contributed by atoms with Crippen LogP contribution in [-0.4, -0.2) is 72.1 Å². The minimum Gasteiger partial charge on any atom is -0.480 e. The summed E-state index contributed by atoms with van der Waals surface area (Å²) in [6, 6.07) is 10.3. The van der Waals surface area contributed by atoms with Crippen molar-refractivity contribution in [3.63, 3.8) is 0 Å². The molecule has 0 radical (unpaired) electrons. The van der Waals surface area contributed by atoms with Crippen LogP contribution >= 0.6 is 12.4 Å². The number of aliphatic carboxylic acids is 1. The smallest absolute Gasteiger partial charge is 0.317 e. The van der Waals surface area contributed by atoms with Gasteiger partial charge < -0.3 is 10.4 Å². The van der Waals surface area contributed by atoms with E-state index in [1.54, 1.807) is 0 Å². The predicted molar refractivity (Wildman–Crippen MR) is 114 cm³/mol. The lowest BCUT2D eigenvalue weighted by atomic mass is 10.0. The molecule has 3 unspecified atom stereocenters. The molecular weight excluding hydrogens is 378 g/mol. The van der Waals surface area contributed by atoms with E-state index in [2.05, 4.69) is 29.3 Å². The molecule has 0 aliphatic carbocycles. The van der Waals surface area contributed by atoms with E-state index in [0.717, 1.165) is 32.4 Å². The van der Waals surface area contributed by atoms with Crippen LogP contribution in [0.2, 0.25) is 0 Å². The van der Waals surface area contributed by atoms with Crippen LogP contribution in [0.5, 0.6) is 0 Å². The second kappa shape index (κ2) is 12.0. The second-order valence-corrected chi connectivity index (χ2v) is 7.66. The molecule has 158 valence electrons. The minimum atomic E-state index is -0.793. The normalized spacial score (nSPS) is 19.9. The van der Waals surface area contributed by atoms with E-state index in [9.17, 15) is 9.59 Å². The first kappa shape index (κ1) is 24.4. The third kappa shape index (κ3) is 7.41. The van der Waals surface area contributed by atoms with E-state index >= 15 is 0 Å². The van der Waals surface area contributed by atoms with E-state index in [1.165, 1.54) is 5.56 Å². The molecule has 1 aromatic carbocycles. The Morgan fingerprint density at radius 1 is 1.21 bits per heavy atom. The fraction of sp³-hybridized carbons (Fsp3) is 0.619. The third-order valence-corrected chi connectivity index (χ3v) is 5.62. The van der Waals surface area contributed by atoms with Crippen molar-refractivity contribution in [1.29, 1.82) is 0 Å². The third-order valence-electron chi connectivity index (χ3n) is 5.62. The first-order valence-corrected chi connectivity index (χ1v) is 9.87.